The number of carbonyl (C=O) groups is 2. The first kappa shape index (κ1) is 14.5. The second-order valence-corrected chi connectivity index (χ2v) is 5.24. The first-order chi connectivity index (χ1) is 9.40. The topological polar surface area (TPSA) is 82.2 Å². The van der Waals surface area contributed by atoms with Gasteiger partial charge in [0, 0.05) is 29.4 Å². The number of halogens is 2. The summed E-state index contributed by atoms with van der Waals surface area (Å²) < 4.78 is 14.3. The van der Waals surface area contributed by atoms with Crippen LogP contribution in [0.1, 0.15) is 12.5 Å². The van der Waals surface area contributed by atoms with Crippen molar-refractivity contribution in [3.8, 4) is 0 Å². The number of nitrogens with one attached hydrogen (secondary N) is 2. The highest BCUT2D eigenvalue weighted by atomic mass is 79.9. The molecule has 1 atom stereocenters. The van der Waals surface area contributed by atoms with Crippen LogP contribution in [0.3, 0.4) is 0 Å². The Bertz CT molecular complexity index is 684. The summed E-state index contributed by atoms with van der Waals surface area (Å²) in [4.78, 5) is 24.9. The lowest BCUT2D eigenvalue weighted by atomic mass is 10.0. The molecule has 5 nitrogen and oxygen atoms in total. The average Bonchev–Trinajstić information content (AvgIpc) is 2.77. The van der Waals surface area contributed by atoms with Crippen molar-refractivity contribution in [2.24, 2.45) is 0 Å². The van der Waals surface area contributed by atoms with Crippen LogP contribution in [0.2, 0.25) is 0 Å². The highest BCUT2D eigenvalue weighted by molar-refractivity contribution is 9.10. The Balaban J connectivity index is 2.40. The summed E-state index contributed by atoms with van der Waals surface area (Å²) >= 11 is 3.32. The lowest BCUT2D eigenvalue weighted by molar-refractivity contribution is -0.141. The van der Waals surface area contributed by atoms with Crippen LogP contribution in [-0.2, 0) is 16.0 Å². The number of aliphatic carboxylic acids is 1. The summed E-state index contributed by atoms with van der Waals surface area (Å²) in [5, 5.41) is 12.0. The lowest BCUT2D eigenvalue weighted by Gasteiger charge is -2.12. The van der Waals surface area contributed by atoms with Crippen molar-refractivity contribution in [3.63, 3.8) is 0 Å². The number of H-pyrrole nitrogens is 1. The van der Waals surface area contributed by atoms with E-state index in [0.29, 0.717) is 20.9 Å². The van der Waals surface area contributed by atoms with Crippen molar-refractivity contribution in [2.75, 3.05) is 0 Å². The van der Waals surface area contributed by atoms with Crippen LogP contribution in [0.5, 0.6) is 0 Å². The molecule has 0 radical (unpaired) electrons. The van der Waals surface area contributed by atoms with Gasteiger partial charge in [0.25, 0.3) is 0 Å². The Hall–Kier alpha value is -1.89. The molecule has 1 aromatic heterocycles. The summed E-state index contributed by atoms with van der Waals surface area (Å²) in [5.74, 6) is -1.98. The molecule has 0 saturated carbocycles. The largest absolute Gasteiger partial charge is 0.480 e. The van der Waals surface area contributed by atoms with E-state index in [1.54, 1.807) is 12.3 Å². The number of carboxylic acid groups (broad SMARTS) is 1. The quantitative estimate of drug-likeness (QED) is 0.796. The SMILES string of the molecule is CC(=O)NC(Cc1c[nH]c2c(F)ccc(Br)c12)C(=O)O. The number of aromatic nitrogens is 1. The molecule has 0 aliphatic heterocycles. The first-order valence-electron chi connectivity index (χ1n) is 5.84. The normalized spacial score (nSPS) is 12.3. The molecule has 7 heteroatoms. The van der Waals surface area contributed by atoms with Gasteiger partial charge in [0.2, 0.25) is 5.91 Å². The molecular formula is C13H12BrFN2O3. The van der Waals surface area contributed by atoms with Crippen molar-refractivity contribution in [1.29, 1.82) is 0 Å². The minimum absolute atomic E-state index is 0.0664. The van der Waals surface area contributed by atoms with Crippen molar-refractivity contribution in [2.45, 2.75) is 19.4 Å². The van der Waals surface area contributed by atoms with Gasteiger partial charge in [-0.1, -0.05) is 15.9 Å². The van der Waals surface area contributed by atoms with Crippen molar-refractivity contribution < 1.29 is 19.1 Å². The molecule has 2 rings (SSSR count). The van der Waals surface area contributed by atoms with Crippen LogP contribution >= 0.6 is 15.9 Å². The summed E-state index contributed by atoms with van der Waals surface area (Å²) in [6, 6.07) is 1.82. The summed E-state index contributed by atoms with van der Waals surface area (Å²) in [5.41, 5.74) is 0.925. The van der Waals surface area contributed by atoms with Crippen molar-refractivity contribution in [3.05, 3.63) is 34.2 Å². The number of hydrogen-bond donors (Lipinski definition) is 3. The fourth-order valence-electron chi connectivity index (χ4n) is 2.06. The number of rotatable bonds is 4. The fourth-order valence-corrected chi connectivity index (χ4v) is 2.65. The van der Waals surface area contributed by atoms with Gasteiger partial charge in [-0.05, 0) is 17.7 Å². The molecule has 1 aromatic carbocycles. The third-order valence-corrected chi connectivity index (χ3v) is 3.58. The van der Waals surface area contributed by atoms with Crippen molar-refractivity contribution >= 4 is 38.7 Å². The standard InChI is InChI=1S/C13H12BrFN2O3/c1-6(18)17-10(13(19)20)4-7-5-16-12-9(15)3-2-8(14)11(7)12/h2-3,5,10,16H,4H2,1H3,(H,17,18)(H,19,20). The molecule has 1 unspecified atom stereocenters. The average molecular weight is 343 g/mol. The van der Waals surface area contributed by atoms with E-state index in [9.17, 15) is 14.0 Å². The monoisotopic (exact) mass is 342 g/mol. The Morgan fingerprint density at radius 1 is 1.50 bits per heavy atom. The summed E-state index contributed by atoms with van der Waals surface area (Å²) in [6.07, 6.45) is 1.62. The van der Waals surface area contributed by atoms with Crippen LogP contribution in [0.15, 0.2) is 22.8 Å². The molecule has 1 heterocycles. The smallest absolute Gasteiger partial charge is 0.326 e. The zero-order valence-corrected chi connectivity index (χ0v) is 12.1. The maximum atomic E-state index is 13.6. The zero-order valence-electron chi connectivity index (χ0n) is 10.5. The molecule has 20 heavy (non-hydrogen) atoms. The van der Waals surface area contributed by atoms with Crippen LogP contribution in [0.25, 0.3) is 10.9 Å². The second kappa shape index (κ2) is 5.62. The molecule has 0 fully saturated rings. The van der Waals surface area contributed by atoms with E-state index in [1.807, 2.05) is 0 Å². The third-order valence-electron chi connectivity index (χ3n) is 2.92. The van der Waals surface area contributed by atoms with E-state index in [4.69, 9.17) is 5.11 Å². The van der Waals surface area contributed by atoms with Crippen LogP contribution in [-0.4, -0.2) is 28.0 Å². The van der Waals surface area contributed by atoms with Crippen LogP contribution < -0.4 is 5.32 Å². The minimum atomic E-state index is -1.14. The Morgan fingerprint density at radius 2 is 2.20 bits per heavy atom. The van der Waals surface area contributed by atoms with Gasteiger partial charge in [0.05, 0.1) is 5.52 Å². The second-order valence-electron chi connectivity index (χ2n) is 4.39. The van der Waals surface area contributed by atoms with E-state index < -0.39 is 23.7 Å². The molecule has 106 valence electrons. The molecule has 3 N–H and O–H groups in total. The maximum absolute atomic E-state index is 13.6. The summed E-state index contributed by atoms with van der Waals surface area (Å²) in [6.45, 7) is 1.25. The maximum Gasteiger partial charge on any atom is 0.326 e. The molecule has 0 spiro atoms. The van der Waals surface area contributed by atoms with Crippen LogP contribution in [0.4, 0.5) is 4.39 Å². The fraction of sp³-hybridized carbons (Fsp3) is 0.231. The highest BCUT2D eigenvalue weighted by Crippen LogP contribution is 2.29. The van der Waals surface area contributed by atoms with Gasteiger partial charge in [-0.25, -0.2) is 9.18 Å². The van der Waals surface area contributed by atoms with Gasteiger partial charge in [-0.3, -0.25) is 4.79 Å². The van der Waals surface area contributed by atoms with E-state index in [1.165, 1.54) is 13.0 Å². The molecule has 0 saturated heterocycles. The lowest BCUT2D eigenvalue weighted by Crippen LogP contribution is -2.41. The number of carboxylic acids is 1. The Labute approximate surface area is 122 Å². The summed E-state index contributed by atoms with van der Waals surface area (Å²) in [7, 11) is 0. The van der Waals surface area contributed by atoms with Gasteiger partial charge in [0.15, 0.2) is 0 Å². The molecule has 2 aromatic rings. The zero-order chi connectivity index (χ0) is 14.9. The number of carbonyl (C=O) groups excluding carboxylic acids is 1. The molecular weight excluding hydrogens is 331 g/mol. The third kappa shape index (κ3) is 2.82. The number of hydrogen-bond acceptors (Lipinski definition) is 2. The van der Waals surface area contributed by atoms with E-state index in [2.05, 4.69) is 26.2 Å². The number of amides is 1. The van der Waals surface area contributed by atoms with E-state index in [0.717, 1.165) is 0 Å². The molecule has 0 aliphatic carbocycles. The highest BCUT2D eigenvalue weighted by Gasteiger charge is 2.21. The molecule has 0 bridgehead atoms. The number of benzene rings is 1. The molecule has 1 amide bonds. The molecule has 0 aliphatic rings. The van der Waals surface area contributed by atoms with Crippen molar-refractivity contribution in [1.82, 2.24) is 10.3 Å². The van der Waals surface area contributed by atoms with Gasteiger partial charge in [-0.2, -0.15) is 0 Å². The van der Waals surface area contributed by atoms with E-state index >= 15 is 0 Å². The van der Waals surface area contributed by atoms with E-state index in [-0.39, 0.29) is 6.42 Å². The predicted molar refractivity (Wildman–Crippen MR) is 74.9 cm³/mol. The predicted octanol–water partition coefficient (Wildman–Crippen LogP) is 2.20. The van der Waals surface area contributed by atoms with Gasteiger partial charge < -0.3 is 15.4 Å². The van der Waals surface area contributed by atoms with Crippen LogP contribution in [0, 0.1) is 5.82 Å². The number of aromatic amines is 1. The van der Waals surface area contributed by atoms with Gasteiger partial charge >= 0.3 is 5.97 Å². The van der Waals surface area contributed by atoms with Gasteiger partial charge in [-0.15, -0.1) is 0 Å². The Kier molecular flexibility index (Phi) is 4.08. The Morgan fingerprint density at radius 3 is 2.80 bits per heavy atom. The minimum Gasteiger partial charge on any atom is -0.480 e. The number of fused-ring (bicyclic) bond motifs is 1. The van der Waals surface area contributed by atoms with Gasteiger partial charge in [0.1, 0.15) is 11.9 Å². The first-order valence-corrected chi connectivity index (χ1v) is 6.63.